The molecule has 1 N–H and O–H groups in total. The van der Waals surface area contributed by atoms with E-state index in [2.05, 4.69) is 26.0 Å². The fourth-order valence-electron chi connectivity index (χ4n) is 2.85. The van der Waals surface area contributed by atoms with Gasteiger partial charge in [0.1, 0.15) is 18.0 Å². The van der Waals surface area contributed by atoms with E-state index in [1.54, 1.807) is 48.5 Å². The number of nitrogens with zero attached hydrogens (tertiary/aromatic N) is 1. The molecule has 0 radical (unpaired) electrons. The van der Waals surface area contributed by atoms with Crippen molar-refractivity contribution in [3.05, 3.63) is 57.4 Å². The van der Waals surface area contributed by atoms with Gasteiger partial charge in [0.2, 0.25) is 5.91 Å². The third-order valence-corrected chi connectivity index (χ3v) is 5.98. The molecule has 1 fully saturated rings. The largest absolute Gasteiger partial charge is 0.494 e. The van der Waals surface area contributed by atoms with Gasteiger partial charge in [-0.2, -0.15) is 0 Å². The summed E-state index contributed by atoms with van der Waals surface area (Å²) in [5.74, 6) is -0.481. The number of hydrogen-bond acceptors (Lipinski definition) is 8. The first kappa shape index (κ1) is 25.3. The monoisotopic (exact) mass is 548 g/mol. The summed E-state index contributed by atoms with van der Waals surface area (Å²) < 4.78 is 15.8. The molecule has 0 unspecified atom stereocenters. The van der Waals surface area contributed by atoms with Gasteiger partial charge in [0.05, 0.1) is 23.1 Å². The first-order valence-electron chi connectivity index (χ1n) is 10.1. The van der Waals surface area contributed by atoms with Crippen LogP contribution in [0.15, 0.2) is 51.8 Å². The molecule has 3 amide bonds. The van der Waals surface area contributed by atoms with Gasteiger partial charge in [0.15, 0.2) is 6.61 Å². The van der Waals surface area contributed by atoms with Crippen LogP contribution in [0.1, 0.15) is 12.5 Å². The number of ether oxygens (including phenoxy) is 3. The van der Waals surface area contributed by atoms with Crippen LogP contribution in [0.4, 0.5) is 10.5 Å². The number of thioether (sulfide) groups is 1. The average Bonchev–Trinajstić information content (AvgIpc) is 3.07. The molecule has 1 aliphatic heterocycles. The zero-order chi connectivity index (χ0) is 24.7. The van der Waals surface area contributed by atoms with Gasteiger partial charge in [0.25, 0.3) is 11.1 Å². The summed E-state index contributed by atoms with van der Waals surface area (Å²) in [5.41, 5.74) is 1.15. The van der Waals surface area contributed by atoms with Crippen molar-refractivity contribution in [1.82, 2.24) is 4.90 Å². The molecule has 9 nitrogen and oxygen atoms in total. The van der Waals surface area contributed by atoms with Crippen LogP contribution in [0.5, 0.6) is 11.5 Å². The lowest BCUT2D eigenvalue weighted by molar-refractivity contribution is -0.143. The number of esters is 1. The summed E-state index contributed by atoms with van der Waals surface area (Å²) in [7, 11) is 1.26. The fourth-order valence-corrected chi connectivity index (χ4v) is 4.20. The van der Waals surface area contributed by atoms with E-state index in [9.17, 15) is 19.2 Å². The molecular weight excluding hydrogens is 528 g/mol. The number of methoxy groups -OCH3 is 1. The van der Waals surface area contributed by atoms with Gasteiger partial charge in [-0.15, -0.1) is 0 Å². The third-order valence-electron chi connectivity index (χ3n) is 4.45. The highest BCUT2D eigenvalue weighted by Gasteiger charge is 2.36. The average molecular weight is 549 g/mol. The van der Waals surface area contributed by atoms with Gasteiger partial charge in [-0.25, -0.2) is 4.79 Å². The van der Waals surface area contributed by atoms with Crippen LogP contribution < -0.4 is 14.8 Å². The predicted octanol–water partition coefficient (Wildman–Crippen LogP) is 4.07. The maximum atomic E-state index is 12.7. The summed E-state index contributed by atoms with van der Waals surface area (Å²) in [5, 5.41) is 2.13. The smallest absolute Gasteiger partial charge is 0.343 e. The Bertz CT molecular complexity index is 1130. The number of carbonyl (C=O) groups is 4. The van der Waals surface area contributed by atoms with Gasteiger partial charge in [-0.1, -0.05) is 6.07 Å². The van der Waals surface area contributed by atoms with Crippen molar-refractivity contribution in [2.75, 3.05) is 32.2 Å². The van der Waals surface area contributed by atoms with Crippen molar-refractivity contribution in [3.8, 4) is 11.5 Å². The van der Waals surface area contributed by atoms with Gasteiger partial charge >= 0.3 is 5.97 Å². The van der Waals surface area contributed by atoms with Crippen molar-refractivity contribution < 1.29 is 33.4 Å². The second-order valence-electron chi connectivity index (χ2n) is 6.83. The number of nitrogens with one attached hydrogen (secondary N) is 1. The molecule has 0 aliphatic carbocycles. The highest BCUT2D eigenvalue weighted by Crippen LogP contribution is 2.34. The zero-order valence-corrected chi connectivity index (χ0v) is 20.7. The first-order valence-corrected chi connectivity index (χ1v) is 11.7. The van der Waals surface area contributed by atoms with Crippen LogP contribution in [0.2, 0.25) is 0 Å². The lowest BCUT2D eigenvalue weighted by Gasteiger charge is -2.12. The minimum Gasteiger partial charge on any atom is -0.494 e. The molecule has 0 atom stereocenters. The Morgan fingerprint density at radius 1 is 1.12 bits per heavy atom. The molecule has 2 aromatic carbocycles. The van der Waals surface area contributed by atoms with Crippen LogP contribution in [-0.4, -0.2) is 54.8 Å². The summed E-state index contributed by atoms with van der Waals surface area (Å²) >= 11 is 4.10. The van der Waals surface area contributed by atoms with E-state index in [0.29, 0.717) is 33.8 Å². The molecular formula is C23H21BrN2O7S. The summed E-state index contributed by atoms with van der Waals surface area (Å²) in [6.07, 6.45) is 1.55. The van der Waals surface area contributed by atoms with Crippen LogP contribution in [0.25, 0.3) is 6.08 Å². The van der Waals surface area contributed by atoms with Crippen molar-refractivity contribution in [2.45, 2.75) is 6.92 Å². The van der Waals surface area contributed by atoms with Gasteiger partial charge in [-0.05, 0) is 82.7 Å². The highest BCUT2D eigenvalue weighted by atomic mass is 79.9. The first-order chi connectivity index (χ1) is 16.3. The van der Waals surface area contributed by atoms with Crippen LogP contribution in [0, 0.1) is 0 Å². The van der Waals surface area contributed by atoms with E-state index < -0.39 is 29.6 Å². The number of imide groups is 1. The standard InChI is InChI=1S/C23H21BrN2O7S/c1-3-32-16-7-5-15(6-8-16)25-20(27)12-26-22(29)19(34-23(26)30)11-14-4-9-18(17(24)10-14)33-13-21(28)31-2/h4-11H,3,12-13H2,1-2H3,(H,25,27)/b19-11+. The molecule has 0 bridgehead atoms. The number of anilines is 1. The van der Waals surface area contributed by atoms with Crippen molar-refractivity contribution in [3.63, 3.8) is 0 Å². The number of carbonyl (C=O) groups excluding carboxylic acids is 4. The topological polar surface area (TPSA) is 111 Å². The number of amides is 3. The summed E-state index contributed by atoms with van der Waals surface area (Å²) in [6.45, 7) is 1.75. The predicted molar refractivity (Wildman–Crippen MR) is 131 cm³/mol. The van der Waals surface area contributed by atoms with E-state index in [-0.39, 0.29) is 11.5 Å². The molecule has 3 rings (SSSR count). The van der Waals surface area contributed by atoms with Crippen molar-refractivity contribution >= 4 is 62.5 Å². The molecule has 178 valence electrons. The Balaban J connectivity index is 1.62. The molecule has 11 heteroatoms. The Hall–Kier alpha value is -3.31. The van der Waals surface area contributed by atoms with Crippen molar-refractivity contribution in [2.24, 2.45) is 0 Å². The van der Waals surface area contributed by atoms with Crippen LogP contribution >= 0.6 is 27.7 Å². The number of hydrogen-bond donors (Lipinski definition) is 1. The van der Waals surface area contributed by atoms with E-state index in [0.717, 1.165) is 16.7 Å². The van der Waals surface area contributed by atoms with E-state index in [4.69, 9.17) is 9.47 Å². The van der Waals surface area contributed by atoms with E-state index in [1.165, 1.54) is 7.11 Å². The Morgan fingerprint density at radius 3 is 2.50 bits per heavy atom. The minimum absolute atomic E-state index is 0.189. The minimum atomic E-state index is -0.556. The zero-order valence-electron chi connectivity index (χ0n) is 18.3. The number of rotatable bonds is 9. The Labute approximate surface area is 208 Å². The maximum absolute atomic E-state index is 12.7. The maximum Gasteiger partial charge on any atom is 0.343 e. The third kappa shape index (κ3) is 6.61. The molecule has 0 spiro atoms. The SMILES string of the molecule is CCOc1ccc(NC(=O)CN2C(=O)S/C(=C/c3ccc(OCC(=O)OC)c(Br)c3)C2=O)cc1. The Morgan fingerprint density at radius 2 is 1.85 bits per heavy atom. The molecule has 2 aromatic rings. The summed E-state index contributed by atoms with van der Waals surface area (Å²) in [6, 6.07) is 11.7. The van der Waals surface area contributed by atoms with E-state index in [1.807, 2.05) is 6.92 Å². The quantitative estimate of drug-likeness (QED) is 0.368. The normalized spacial score (nSPS) is 14.3. The molecule has 0 aromatic heterocycles. The second kappa shape index (κ2) is 11.7. The molecule has 1 heterocycles. The van der Waals surface area contributed by atoms with Gasteiger partial charge < -0.3 is 19.5 Å². The Kier molecular flexibility index (Phi) is 8.72. The fraction of sp³-hybridized carbons (Fsp3) is 0.217. The van der Waals surface area contributed by atoms with E-state index >= 15 is 0 Å². The van der Waals surface area contributed by atoms with Gasteiger partial charge in [-0.3, -0.25) is 19.3 Å². The van der Waals surface area contributed by atoms with Gasteiger partial charge in [0, 0.05) is 5.69 Å². The molecule has 34 heavy (non-hydrogen) atoms. The molecule has 0 saturated carbocycles. The second-order valence-corrected chi connectivity index (χ2v) is 8.68. The summed E-state index contributed by atoms with van der Waals surface area (Å²) in [4.78, 5) is 49.7. The number of benzene rings is 2. The lowest BCUT2D eigenvalue weighted by Crippen LogP contribution is -2.36. The van der Waals surface area contributed by atoms with Crippen molar-refractivity contribution in [1.29, 1.82) is 0 Å². The highest BCUT2D eigenvalue weighted by molar-refractivity contribution is 9.10. The van der Waals surface area contributed by atoms with Crippen LogP contribution in [0.3, 0.4) is 0 Å². The molecule has 1 aliphatic rings. The lowest BCUT2D eigenvalue weighted by atomic mass is 10.2. The number of halogens is 1. The van der Waals surface area contributed by atoms with Crippen LogP contribution in [-0.2, 0) is 19.1 Å². The molecule has 1 saturated heterocycles.